The summed E-state index contributed by atoms with van der Waals surface area (Å²) >= 11 is 0. The molecule has 1 fully saturated rings. The lowest BCUT2D eigenvalue weighted by Gasteiger charge is -2.42. The van der Waals surface area contributed by atoms with Crippen LogP contribution in [-0.2, 0) is 4.74 Å². The number of rotatable bonds is 10. The molecule has 0 spiro atoms. The van der Waals surface area contributed by atoms with E-state index < -0.39 is 0 Å². The lowest BCUT2D eigenvalue weighted by Crippen LogP contribution is -2.46. The first-order valence-corrected chi connectivity index (χ1v) is 8.98. The quantitative estimate of drug-likeness (QED) is 0.624. The molecule has 3 nitrogen and oxygen atoms in total. The van der Waals surface area contributed by atoms with Crippen molar-refractivity contribution in [2.24, 2.45) is 11.3 Å². The zero-order chi connectivity index (χ0) is 15.7. The molecule has 1 N–H and O–H groups in total. The molecule has 0 heterocycles. The van der Waals surface area contributed by atoms with Crippen molar-refractivity contribution in [2.45, 2.75) is 65.9 Å². The minimum absolute atomic E-state index is 0.342. The first-order chi connectivity index (χ1) is 9.97. The molecule has 1 aliphatic rings. The van der Waals surface area contributed by atoms with E-state index in [1.54, 1.807) is 0 Å². The first kappa shape index (κ1) is 18.9. The van der Waals surface area contributed by atoms with Crippen LogP contribution in [0.3, 0.4) is 0 Å². The number of likely N-dealkylation sites (N-methyl/N-ethyl adjacent to an activating group) is 1. The molecule has 21 heavy (non-hydrogen) atoms. The van der Waals surface area contributed by atoms with Gasteiger partial charge in [-0.25, -0.2) is 0 Å². The number of nitrogens with one attached hydrogen (secondary N) is 1. The normalized spacial score (nSPS) is 26.7. The summed E-state index contributed by atoms with van der Waals surface area (Å²) < 4.78 is 5.69. The average molecular weight is 299 g/mol. The molecule has 1 saturated carbocycles. The van der Waals surface area contributed by atoms with Gasteiger partial charge in [0.25, 0.3) is 0 Å². The summed E-state index contributed by atoms with van der Waals surface area (Å²) in [6, 6.07) is 0. The van der Waals surface area contributed by atoms with Gasteiger partial charge in [0.1, 0.15) is 0 Å². The maximum absolute atomic E-state index is 5.69. The van der Waals surface area contributed by atoms with Crippen LogP contribution in [0.1, 0.15) is 59.8 Å². The molecule has 0 aromatic carbocycles. The lowest BCUT2D eigenvalue weighted by atomic mass is 9.70. The molecule has 0 aromatic rings. The first-order valence-electron chi connectivity index (χ1n) is 8.98. The van der Waals surface area contributed by atoms with E-state index in [1.807, 2.05) is 0 Å². The molecule has 0 aromatic heterocycles. The molecule has 3 heteroatoms. The van der Waals surface area contributed by atoms with E-state index in [0.717, 1.165) is 25.6 Å². The highest BCUT2D eigenvalue weighted by Gasteiger charge is 2.34. The van der Waals surface area contributed by atoms with Gasteiger partial charge in [0.05, 0.1) is 12.7 Å². The minimum atomic E-state index is 0.342. The summed E-state index contributed by atoms with van der Waals surface area (Å²) in [6.45, 7) is 14.3. The van der Waals surface area contributed by atoms with E-state index in [0.29, 0.717) is 11.5 Å². The molecule has 0 bridgehead atoms. The molecule has 0 atom stereocenters. The summed E-state index contributed by atoms with van der Waals surface area (Å²) in [7, 11) is 2.25. The summed E-state index contributed by atoms with van der Waals surface area (Å²) in [4.78, 5) is 2.48. The van der Waals surface area contributed by atoms with Crippen molar-refractivity contribution in [3.8, 4) is 0 Å². The molecular formula is C18H38N2O. The Labute approximate surface area is 132 Å². The van der Waals surface area contributed by atoms with Crippen molar-refractivity contribution in [1.82, 2.24) is 10.2 Å². The Hall–Kier alpha value is -0.120. The summed E-state index contributed by atoms with van der Waals surface area (Å²) in [5.74, 6) is 0.916. The Morgan fingerprint density at radius 2 is 1.95 bits per heavy atom. The maximum atomic E-state index is 5.69. The third-order valence-corrected chi connectivity index (χ3v) is 4.79. The Kier molecular flexibility index (Phi) is 8.84. The standard InChI is InChI=1S/C18H38N2O/c1-6-11-19-14-18(9-7-17(4)8-10-18)15-20(5)12-13-21-16(2)3/h16-17,19H,6-15H2,1-5H3. The fourth-order valence-corrected chi connectivity index (χ4v) is 3.39. The highest BCUT2D eigenvalue weighted by Crippen LogP contribution is 2.39. The van der Waals surface area contributed by atoms with Crippen molar-refractivity contribution in [2.75, 3.05) is 39.8 Å². The van der Waals surface area contributed by atoms with Crippen LogP contribution in [-0.4, -0.2) is 50.8 Å². The molecule has 126 valence electrons. The van der Waals surface area contributed by atoms with Crippen LogP contribution in [0.15, 0.2) is 0 Å². The van der Waals surface area contributed by atoms with Gasteiger partial charge in [0.2, 0.25) is 0 Å². The van der Waals surface area contributed by atoms with Crippen molar-refractivity contribution < 1.29 is 4.74 Å². The van der Waals surface area contributed by atoms with Gasteiger partial charge in [-0.2, -0.15) is 0 Å². The highest BCUT2D eigenvalue weighted by atomic mass is 16.5. The van der Waals surface area contributed by atoms with Gasteiger partial charge >= 0.3 is 0 Å². The van der Waals surface area contributed by atoms with Crippen LogP contribution in [0.5, 0.6) is 0 Å². The molecule has 1 rings (SSSR count). The highest BCUT2D eigenvalue weighted by molar-refractivity contribution is 4.89. The van der Waals surface area contributed by atoms with E-state index in [4.69, 9.17) is 4.74 Å². The predicted molar refractivity (Wildman–Crippen MR) is 91.8 cm³/mol. The largest absolute Gasteiger partial charge is 0.377 e. The molecule has 0 radical (unpaired) electrons. The van der Waals surface area contributed by atoms with E-state index in [2.05, 4.69) is 45.0 Å². The summed E-state index contributed by atoms with van der Waals surface area (Å²) in [6.07, 6.45) is 7.11. The number of hydrogen-bond donors (Lipinski definition) is 1. The Morgan fingerprint density at radius 1 is 1.29 bits per heavy atom. The zero-order valence-corrected chi connectivity index (χ0v) is 15.1. The van der Waals surface area contributed by atoms with Crippen molar-refractivity contribution in [1.29, 1.82) is 0 Å². The molecule has 0 aliphatic heterocycles. The van der Waals surface area contributed by atoms with E-state index in [9.17, 15) is 0 Å². The Bertz CT molecular complexity index is 260. The van der Waals surface area contributed by atoms with Gasteiger partial charge < -0.3 is 15.0 Å². The van der Waals surface area contributed by atoms with Crippen LogP contribution in [0.25, 0.3) is 0 Å². The maximum Gasteiger partial charge on any atom is 0.0596 e. The minimum Gasteiger partial charge on any atom is -0.377 e. The second-order valence-corrected chi connectivity index (χ2v) is 7.52. The second-order valence-electron chi connectivity index (χ2n) is 7.52. The van der Waals surface area contributed by atoms with Gasteiger partial charge in [0.15, 0.2) is 0 Å². The summed E-state index contributed by atoms with van der Waals surface area (Å²) in [5.41, 5.74) is 0.480. The summed E-state index contributed by atoms with van der Waals surface area (Å²) in [5, 5.41) is 3.68. The van der Waals surface area contributed by atoms with Gasteiger partial charge in [-0.15, -0.1) is 0 Å². The predicted octanol–water partition coefficient (Wildman–Crippen LogP) is 3.54. The molecule has 1 aliphatic carbocycles. The van der Waals surface area contributed by atoms with Crippen molar-refractivity contribution in [3.63, 3.8) is 0 Å². The lowest BCUT2D eigenvalue weighted by molar-refractivity contribution is 0.0442. The number of ether oxygens (including phenoxy) is 1. The zero-order valence-electron chi connectivity index (χ0n) is 15.1. The third-order valence-electron chi connectivity index (χ3n) is 4.79. The molecule has 0 unspecified atom stereocenters. The molecule has 0 amide bonds. The van der Waals surface area contributed by atoms with E-state index >= 15 is 0 Å². The fraction of sp³-hybridized carbons (Fsp3) is 1.00. The average Bonchev–Trinajstić information content (AvgIpc) is 2.42. The van der Waals surface area contributed by atoms with Crippen LogP contribution < -0.4 is 5.32 Å². The van der Waals surface area contributed by atoms with E-state index in [1.165, 1.54) is 45.2 Å². The van der Waals surface area contributed by atoms with Crippen LogP contribution >= 0.6 is 0 Å². The Morgan fingerprint density at radius 3 is 2.52 bits per heavy atom. The van der Waals surface area contributed by atoms with Crippen LogP contribution in [0.2, 0.25) is 0 Å². The van der Waals surface area contributed by atoms with Crippen molar-refractivity contribution in [3.05, 3.63) is 0 Å². The monoisotopic (exact) mass is 298 g/mol. The van der Waals surface area contributed by atoms with Gasteiger partial charge in [-0.1, -0.05) is 26.7 Å². The second kappa shape index (κ2) is 9.81. The van der Waals surface area contributed by atoms with Gasteiger partial charge in [0, 0.05) is 19.6 Å². The smallest absolute Gasteiger partial charge is 0.0596 e. The molecular weight excluding hydrogens is 260 g/mol. The van der Waals surface area contributed by atoms with Crippen LogP contribution in [0, 0.1) is 11.3 Å². The van der Waals surface area contributed by atoms with Crippen molar-refractivity contribution >= 4 is 0 Å². The number of hydrogen-bond acceptors (Lipinski definition) is 3. The third kappa shape index (κ3) is 7.62. The topological polar surface area (TPSA) is 24.5 Å². The van der Waals surface area contributed by atoms with Gasteiger partial charge in [-0.05, 0) is 58.0 Å². The SMILES string of the molecule is CCCNCC1(CN(C)CCOC(C)C)CCC(C)CC1. The van der Waals surface area contributed by atoms with Crippen LogP contribution in [0.4, 0.5) is 0 Å². The fourth-order valence-electron chi connectivity index (χ4n) is 3.39. The van der Waals surface area contributed by atoms with E-state index in [-0.39, 0.29) is 0 Å². The molecule has 0 saturated heterocycles. The Balaban J connectivity index is 2.44. The number of nitrogens with zero attached hydrogens (tertiary/aromatic N) is 1. The van der Waals surface area contributed by atoms with Gasteiger partial charge in [-0.3, -0.25) is 0 Å².